The average Bonchev–Trinajstić information content (AvgIpc) is 3.18. The monoisotopic (exact) mass is 364 g/mol. The van der Waals surface area contributed by atoms with Crippen LogP contribution in [0.1, 0.15) is 11.4 Å². The van der Waals surface area contributed by atoms with E-state index in [9.17, 15) is 0 Å². The lowest BCUT2D eigenvalue weighted by atomic mass is 10.2. The summed E-state index contributed by atoms with van der Waals surface area (Å²) in [6.45, 7) is 1.19. The third-order valence-electron chi connectivity index (χ3n) is 4.23. The highest BCUT2D eigenvalue weighted by atomic mass is 16.5. The van der Waals surface area contributed by atoms with Gasteiger partial charge in [-0.2, -0.15) is 0 Å². The van der Waals surface area contributed by atoms with Crippen LogP contribution in [0.25, 0.3) is 5.69 Å². The van der Waals surface area contributed by atoms with Gasteiger partial charge in [-0.3, -0.25) is 9.56 Å². The van der Waals surface area contributed by atoms with Crippen molar-refractivity contribution in [3.63, 3.8) is 0 Å². The molecule has 0 atom stereocenters. The van der Waals surface area contributed by atoms with Crippen LogP contribution in [-0.4, -0.2) is 46.8 Å². The van der Waals surface area contributed by atoms with E-state index in [1.807, 2.05) is 65.0 Å². The summed E-state index contributed by atoms with van der Waals surface area (Å²) in [4.78, 5) is 6.42. The van der Waals surface area contributed by atoms with Crippen molar-refractivity contribution < 1.29 is 4.74 Å². The zero-order chi connectivity index (χ0) is 19.1. The van der Waals surface area contributed by atoms with Gasteiger partial charge < -0.3 is 15.0 Å². The Morgan fingerprint density at radius 2 is 1.89 bits per heavy atom. The van der Waals surface area contributed by atoms with E-state index in [0.29, 0.717) is 13.1 Å². The third kappa shape index (κ3) is 4.44. The second-order valence-corrected chi connectivity index (χ2v) is 6.02. The first-order valence-corrected chi connectivity index (χ1v) is 8.71. The van der Waals surface area contributed by atoms with Crippen molar-refractivity contribution in [2.75, 3.05) is 21.2 Å². The molecule has 0 radical (unpaired) electrons. The first-order chi connectivity index (χ1) is 13.2. The lowest BCUT2D eigenvalue weighted by Gasteiger charge is -2.23. The summed E-state index contributed by atoms with van der Waals surface area (Å²) in [6, 6.07) is 18.0. The standard InChI is InChI=1S/C20H24N6O/c1-21-20(25(2)14-16-9-7-8-12-18(16)27-3)22-13-19-24-23-15-26(19)17-10-5-4-6-11-17/h4-12,15H,13-14H2,1-3H3,(H,21,22). The van der Waals surface area contributed by atoms with Gasteiger partial charge in [0.25, 0.3) is 0 Å². The zero-order valence-corrected chi connectivity index (χ0v) is 15.8. The fourth-order valence-electron chi connectivity index (χ4n) is 2.89. The molecule has 0 saturated carbocycles. The topological polar surface area (TPSA) is 67.6 Å². The quantitative estimate of drug-likeness (QED) is 0.538. The molecule has 0 bridgehead atoms. The smallest absolute Gasteiger partial charge is 0.194 e. The van der Waals surface area contributed by atoms with Crippen LogP contribution in [0, 0.1) is 0 Å². The number of aromatic nitrogens is 3. The number of hydrogen-bond acceptors (Lipinski definition) is 4. The summed E-state index contributed by atoms with van der Waals surface area (Å²) >= 11 is 0. The predicted octanol–water partition coefficient (Wildman–Crippen LogP) is 2.48. The number of guanidine groups is 1. The van der Waals surface area contributed by atoms with E-state index in [1.165, 1.54) is 0 Å². The maximum absolute atomic E-state index is 5.43. The highest BCUT2D eigenvalue weighted by molar-refractivity contribution is 5.79. The molecule has 3 rings (SSSR count). The molecule has 2 aromatic carbocycles. The molecule has 1 aromatic heterocycles. The minimum absolute atomic E-state index is 0.512. The first kappa shape index (κ1) is 18.4. The van der Waals surface area contributed by atoms with Crippen molar-refractivity contribution >= 4 is 5.96 Å². The molecule has 7 heteroatoms. The SMILES string of the molecule is CN=C(NCc1nncn1-c1ccccc1)N(C)Cc1ccccc1OC. The Morgan fingerprint density at radius 3 is 2.63 bits per heavy atom. The Kier molecular flexibility index (Phi) is 6.04. The van der Waals surface area contributed by atoms with Crippen LogP contribution in [0.2, 0.25) is 0 Å². The zero-order valence-electron chi connectivity index (χ0n) is 15.8. The lowest BCUT2D eigenvalue weighted by molar-refractivity contribution is 0.396. The maximum Gasteiger partial charge on any atom is 0.194 e. The van der Waals surface area contributed by atoms with E-state index < -0.39 is 0 Å². The van der Waals surface area contributed by atoms with E-state index in [0.717, 1.165) is 28.8 Å². The van der Waals surface area contributed by atoms with Gasteiger partial charge in [-0.05, 0) is 18.2 Å². The summed E-state index contributed by atoms with van der Waals surface area (Å²) in [7, 11) is 5.44. The lowest BCUT2D eigenvalue weighted by Crippen LogP contribution is -2.38. The number of aliphatic imine (C=N–C) groups is 1. The highest BCUT2D eigenvalue weighted by Gasteiger charge is 2.12. The normalized spacial score (nSPS) is 11.3. The van der Waals surface area contributed by atoms with E-state index >= 15 is 0 Å². The van der Waals surface area contributed by atoms with Crippen molar-refractivity contribution in [3.8, 4) is 11.4 Å². The Bertz CT molecular complexity index is 890. The molecular weight excluding hydrogens is 340 g/mol. The molecule has 0 saturated heterocycles. The summed E-state index contributed by atoms with van der Waals surface area (Å²) in [5.41, 5.74) is 2.12. The predicted molar refractivity (Wildman–Crippen MR) is 106 cm³/mol. The van der Waals surface area contributed by atoms with Crippen LogP contribution in [-0.2, 0) is 13.1 Å². The van der Waals surface area contributed by atoms with E-state index in [2.05, 4.69) is 26.6 Å². The highest BCUT2D eigenvalue weighted by Crippen LogP contribution is 2.18. The molecule has 0 unspecified atom stereocenters. The van der Waals surface area contributed by atoms with E-state index in [1.54, 1.807) is 20.5 Å². The number of para-hydroxylation sites is 2. The van der Waals surface area contributed by atoms with Crippen molar-refractivity contribution in [2.24, 2.45) is 4.99 Å². The van der Waals surface area contributed by atoms with Crippen LogP contribution >= 0.6 is 0 Å². The molecule has 0 spiro atoms. The fourth-order valence-corrected chi connectivity index (χ4v) is 2.89. The van der Waals surface area contributed by atoms with Gasteiger partial charge in [-0.1, -0.05) is 36.4 Å². The minimum Gasteiger partial charge on any atom is -0.496 e. The van der Waals surface area contributed by atoms with Gasteiger partial charge >= 0.3 is 0 Å². The molecule has 27 heavy (non-hydrogen) atoms. The van der Waals surface area contributed by atoms with E-state index in [-0.39, 0.29) is 0 Å². The second-order valence-electron chi connectivity index (χ2n) is 6.02. The molecular formula is C20H24N6O. The molecule has 0 aliphatic rings. The summed E-state index contributed by atoms with van der Waals surface area (Å²) < 4.78 is 7.39. The van der Waals surface area contributed by atoms with Crippen molar-refractivity contribution in [3.05, 3.63) is 72.3 Å². The molecule has 0 aliphatic heterocycles. The molecule has 0 amide bonds. The van der Waals surface area contributed by atoms with Gasteiger partial charge in [-0.25, -0.2) is 0 Å². The van der Waals surface area contributed by atoms with Crippen molar-refractivity contribution in [2.45, 2.75) is 13.1 Å². The second kappa shape index (κ2) is 8.84. The Morgan fingerprint density at radius 1 is 1.15 bits per heavy atom. The number of methoxy groups -OCH3 is 1. The summed E-state index contributed by atoms with van der Waals surface area (Å²) in [5, 5.41) is 11.6. The van der Waals surface area contributed by atoms with Gasteiger partial charge in [0.1, 0.15) is 12.1 Å². The van der Waals surface area contributed by atoms with Crippen molar-refractivity contribution in [1.29, 1.82) is 0 Å². The molecule has 7 nitrogen and oxygen atoms in total. The van der Waals surface area contributed by atoms with Gasteiger partial charge in [0.05, 0.1) is 13.7 Å². The van der Waals surface area contributed by atoms with Crippen LogP contribution < -0.4 is 10.1 Å². The molecule has 0 fully saturated rings. The molecule has 3 aromatic rings. The van der Waals surface area contributed by atoms with Crippen LogP contribution in [0.5, 0.6) is 5.75 Å². The number of nitrogens with zero attached hydrogens (tertiary/aromatic N) is 5. The molecule has 1 N–H and O–H groups in total. The summed E-state index contributed by atoms with van der Waals surface area (Å²) in [6.07, 6.45) is 1.72. The number of benzene rings is 2. The molecule has 0 aliphatic carbocycles. The maximum atomic E-state index is 5.43. The Balaban J connectivity index is 1.67. The average molecular weight is 364 g/mol. The van der Waals surface area contributed by atoms with Crippen LogP contribution in [0.3, 0.4) is 0 Å². The Hall–Kier alpha value is -3.35. The fraction of sp³-hybridized carbons (Fsp3) is 0.250. The van der Waals surface area contributed by atoms with Gasteiger partial charge in [0, 0.05) is 31.9 Å². The third-order valence-corrected chi connectivity index (χ3v) is 4.23. The van der Waals surface area contributed by atoms with Gasteiger partial charge in [0.15, 0.2) is 11.8 Å². The molecule has 1 heterocycles. The van der Waals surface area contributed by atoms with Crippen LogP contribution in [0.4, 0.5) is 0 Å². The van der Waals surface area contributed by atoms with Gasteiger partial charge in [0.2, 0.25) is 0 Å². The van der Waals surface area contributed by atoms with Crippen molar-refractivity contribution in [1.82, 2.24) is 25.0 Å². The number of hydrogen-bond donors (Lipinski definition) is 1. The number of ether oxygens (including phenoxy) is 1. The Labute approximate surface area is 159 Å². The van der Waals surface area contributed by atoms with Gasteiger partial charge in [-0.15, -0.1) is 10.2 Å². The number of rotatable bonds is 6. The molecule has 140 valence electrons. The van der Waals surface area contributed by atoms with Crippen LogP contribution in [0.15, 0.2) is 65.9 Å². The first-order valence-electron chi connectivity index (χ1n) is 8.71. The summed E-state index contributed by atoms with van der Waals surface area (Å²) in [5.74, 6) is 2.44. The minimum atomic E-state index is 0.512. The van der Waals surface area contributed by atoms with E-state index in [4.69, 9.17) is 4.74 Å². The largest absolute Gasteiger partial charge is 0.496 e. The number of nitrogens with one attached hydrogen (secondary N) is 1.